The summed E-state index contributed by atoms with van der Waals surface area (Å²) in [5.74, 6) is -1.94. The van der Waals surface area contributed by atoms with Gasteiger partial charge in [-0.25, -0.2) is 0 Å². The third kappa shape index (κ3) is 2.94. The highest BCUT2D eigenvalue weighted by Gasteiger charge is 2.39. The second-order valence-corrected chi connectivity index (χ2v) is 4.28. The van der Waals surface area contributed by atoms with Gasteiger partial charge in [-0.15, -0.1) is 0 Å². The number of alkyl halides is 3. The molecule has 1 aromatic rings. The Labute approximate surface area is 107 Å². The third-order valence-electron chi connectivity index (χ3n) is 2.96. The normalized spacial score (nSPS) is 20.4. The minimum absolute atomic E-state index is 0.00566. The summed E-state index contributed by atoms with van der Waals surface area (Å²) in [6, 6.07) is 0. The molecule has 1 amide bonds. The van der Waals surface area contributed by atoms with Crippen LogP contribution in [0.5, 0.6) is 0 Å². The van der Waals surface area contributed by atoms with Gasteiger partial charge in [0.1, 0.15) is 0 Å². The lowest BCUT2D eigenvalue weighted by molar-refractivity contribution is -0.159. The Balaban J connectivity index is 2.11. The largest absolute Gasteiger partial charge is 0.471 e. The molecule has 1 unspecified atom stereocenters. The molecule has 1 aliphatic heterocycles. The van der Waals surface area contributed by atoms with E-state index in [1.54, 1.807) is 0 Å². The van der Waals surface area contributed by atoms with E-state index in [2.05, 4.69) is 21.2 Å². The van der Waals surface area contributed by atoms with Crippen molar-refractivity contribution in [3.05, 3.63) is 24.4 Å². The number of halogens is 3. The molecule has 0 aliphatic carbocycles. The zero-order valence-electron chi connectivity index (χ0n) is 9.98. The quantitative estimate of drug-likeness (QED) is 0.774. The molecular weight excluding hydrogens is 263 g/mol. The first-order valence-corrected chi connectivity index (χ1v) is 5.74. The molecule has 0 radical (unpaired) electrons. The van der Waals surface area contributed by atoms with Crippen molar-refractivity contribution < 1.29 is 22.5 Å². The van der Waals surface area contributed by atoms with E-state index in [1.807, 2.05) is 0 Å². The number of rotatable bonds is 2. The number of carbonyl (C=O) groups is 1. The molecule has 1 aliphatic rings. The Morgan fingerprint density at radius 1 is 1.53 bits per heavy atom. The lowest BCUT2D eigenvalue weighted by atomic mass is 9.97. The number of carbonyl (C=O) groups excluding carboxylic acids is 1. The van der Waals surface area contributed by atoms with Gasteiger partial charge in [-0.2, -0.15) is 18.2 Å². The average Bonchev–Trinajstić information content (AvgIpc) is 2.87. The predicted molar refractivity (Wildman–Crippen MR) is 58.1 cm³/mol. The molecule has 19 heavy (non-hydrogen) atoms. The van der Waals surface area contributed by atoms with Crippen molar-refractivity contribution in [1.82, 2.24) is 15.0 Å². The van der Waals surface area contributed by atoms with Gasteiger partial charge < -0.3 is 9.42 Å². The van der Waals surface area contributed by atoms with Crippen LogP contribution < -0.4 is 0 Å². The van der Waals surface area contributed by atoms with Crippen LogP contribution >= 0.6 is 0 Å². The van der Waals surface area contributed by atoms with E-state index in [0.717, 1.165) is 0 Å². The zero-order chi connectivity index (χ0) is 14.0. The van der Waals surface area contributed by atoms with Crippen LogP contribution in [0.3, 0.4) is 0 Å². The first-order valence-electron chi connectivity index (χ1n) is 5.74. The molecular formula is C11H12F3N3O2. The summed E-state index contributed by atoms with van der Waals surface area (Å²) >= 11 is 0. The number of nitrogens with zero attached hydrogens (tertiary/aromatic N) is 3. The Morgan fingerprint density at radius 3 is 2.84 bits per heavy atom. The highest BCUT2D eigenvalue weighted by Crippen LogP contribution is 2.30. The minimum Gasteiger partial charge on any atom is -0.338 e. The summed E-state index contributed by atoms with van der Waals surface area (Å²) in [5.41, 5.74) is 0. The maximum absolute atomic E-state index is 12.4. The van der Waals surface area contributed by atoms with Crippen LogP contribution in [-0.2, 0) is 11.0 Å². The fourth-order valence-electron chi connectivity index (χ4n) is 2.03. The SMILES string of the molecule is C=CC(=O)N1CCCC(c2noc(C(F)(F)F)n2)C1. The van der Waals surface area contributed by atoms with Gasteiger partial charge in [0.2, 0.25) is 5.91 Å². The molecule has 0 N–H and O–H groups in total. The predicted octanol–water partition coefficient (Wildman–Crippen LogP) is 1.98. The lowest BCUT2D eigenvalue weighted by Gasteiger charge is -2.30. The van der Waals surface area contributed by atoms with E-state index in [0.29, 0.717) is 19.4 Å². The van der Waals surface area contributed by atoms with E-state index in [4.69, 9.17) is 0 Å². The van der Waals surface area contributed by atoms with Crippen LogP contribution in [0.1, 0.15) is 30.5 Å². The van der Waals surface area contributed by atoms with Gasteiger partial charge in [0.05, 0.1) is 0 Å². The van der Waals surface area contributed by atoms with Crippen LogP contribution in [0.15, 0.2) is 17.2 Å². The van der Waals surface area contributed by atoms with Gasteiger partial charge >= 0.3 is 12.1 Å². The Bertz CT molecular complexity index is 484. The van der Waals surface area contributed by atoms with Gasteiger partial charge in [-0.05, 0) is 18.9 Å². The van der Waals surface area contributed by atoms with Crippen LogP contribution in [-0.4, -0.2) is 34.0 Å². The van der Waals surface area contributed by atoms with E-state index in [-0.39, 0.29) is 24.2 Å². The highest BCUT2D eigenvalue weighted by molar-refractivity contribution is 5.87. The molecule has 2 rings (SSSR count). The maximum Gasteiger partial charge on any atom is 0.471 e. The van der Waals surface area contributed by atoms with Gasteiger partial charge in [0.25, 0.3) is 0 Å². The van der Waals surface area contributed by atoms with Gasteiger partial charge in [-0.1, -0.05) is 11.7 Å². The number of likely N-dealkylation sites (tertiary alicyclic amines) is 1. The van der Waals surface area contributed by atoms with E-state index < -0.39 is 12.1 Å². The Kier molecular flexibility index (Phi) is 3.59. The van der Waals surface area contributed by atoms with Crippen molar-refractivity contribution in [2.24, 2.45) is 0 Å². The summed E-state index contributed by atoms with van der Waals surface area (Å²) < 4.78 is 41.3. The molecule has 0 bridgehead atoms. The van der Waals surface area contributed by atoms with E-state index in [9.17, 15) is 18.0 Å². The van der Waals surface area contributed by atoms with Gasteiger partial charge in [0.15, 0.2) is 5.82 Å². The fraction of sp³-hybridized carbons (Fsp3) is 0.545. The van der Waals surface area contributed by atoms with Crippen molar-refractivity contribution in [1.29, 1.82) is 0 Å². The highest BCUT2D eigenvalue weighted by atomic mass is 19.4. The number of amides is 1. The average molecular weight is 275 g/mol. The van der Waals surface area contributed by atoms with Crippen molar-refractivity contribution in [2.75, 3.05) is 13.1 Å². The molecule has 5 nitrogen and oxygen atoms in total. The number of hydrogen-bond acceptors (Lipinski definition) is 4. The summed E-state index contributed by atoms with van der Waals surface area (Å²) in [5, 5.41) is 3.36. The van der Waals surface area contributed by atoms with Crippen LogP contribution in [0, 0.1) is 0 Å². The Hall–Kier alpha value is -1.86. The summed E-state index contributed by atoms with van der Waals surface area (Å²) in [7, 11) is 0. The van der Waals surface area contributed by atoms with Crippen LogP contribution in [0.2, 0.25) is 0 Å². The number of piperidine rings is 1. The molecule has 1 saturated heterocycles. The fourth-order valence-corrected chi connectivity index (χ4v) is 2.03. The van der Waals surface area contributed by atoms with E-state index in [1.165, 1.54) is 11.0 Å². The smallest absolute Gasteiger partial charge is 0.338 e. The standard InChI is InChI=1S/C11H12F3N3O2/c1-2-8(18)17-5-3-4-7(6-17)9-15-10(19-16-9)11(12,13)14/h2,7H,1,3-6H2. The van der Waals surface area contributed by atoms with Gasteiger partial charge in [0, 0.05) is 19.0 Å². The van der Waals surface area contributed by atoms with Crippen LogP contribution in [0.4, 0.5) is 13.2 Å². The molecule has 0 saturated carbocycles. The molecule has 8 heteroatoms. The number of aromatic nitrogens is 2. The topological polar surface area (TPSA) is 59.2 Å². The van der Waals surface area contributed by atoms with E-state index >= 15 is 0 Å². The molecule has 0 aromatic carbocycles. The summed E-state index contributed by atoms with van der Waals surface area (Å²) in [6.07, 6.45) is -2.16. The first-order chi connectivity index (χ1) is 8.91. The van der Waals surface area contributed by atoms with Crippen molar-refractivity contribution in [2.45, 2.75) is 24.9 Å². The molecule has 1 fully saturated rings. The molecule has 1 atom stereocenters. The Morgan fingerprint density at radius 2 is 2.26 bits per heavy atom. The summed E-state index contributed by atoms with van der Waals surface area (Å²) in [6.45, 7) is 4.22. The monoisotopic (exact) mass is 275 g/mol. The second kappa shape index (κ2) is 5.02. The first kappa shape index (κ1) is 13.6. The number of hydrogen-bond donors (Lipinski definition) is 0. The van der Waals surface area contributed by atoms with Crippen molar-refractivity contribution >= 4 is 5.91 Å². The maximum atomic E-state index is 12.4. The van der Waals surface area contributed by atoms with Crippen molar-refractivity contribution in [3.8, 4) is 0 Å². The lowest BCUT2D eigenvalue weighted by Crippen LogP contribution is -2.38. The molecule has 104 valence electrons. The third-order valence-corrected chi connectivity index (χ3v) is 2.96. The van der Waals surface area contributed by atoms with Crippen molar-refractivity contribution in [3.63, 3.8) is 0 Å². The second-order valence-electron chi connectivity index (χ2n) is 4.28. The van der Waals surface area contributed by atoms with Gasteiger partial charge in [-0.3, -0.25) is 4.79 Å². The summed E-state index contributed by atoms with van der Waals surface area (Å²) in [4.78, 5) is 16.3. The zero-order valence-corrected chi connectivity index (χ0v) is 9.98. The molecule has 1 aromatic heterocycles. The van der Waals surface area contributed by atoms with Crippen LogP contribution in [0.25, 0.3) is 0 Å². The molecule has 0 spiro atoms. The minimum atomic E-state index is -4.64. The molecule has 2 heterocycles.